The number of nitrogens with zero attached hydrogens (tertiary/aromatic N) is 1. The Kier molecular flexibility index (Phi) is 6.83. The van der Waals surface area contributed by atoms with Crippen molar-refractivity contribution in [2.24, 2.45) is 0 Å². The van der Waals surface area contributed by atoms with Crippen LogP contribution in [0.4, 0.5) is 0 Å². The maximum atomic E-state index is 12.6. The molecule has 0 saturated heterocycles. The molecule has 0 bridgehead atoms. The summed E-state index contributed by atoms with van der Waals surface area (Å²) in [4.78, 5) is 26.1. The number of aliphatic hydroxyl groups is 1. The molecule has 0 unspecified atom stereocenters. The Balaban J connectivity index is 1.80. The van der Waals surface area contributed by atoms with E-state index in [4.69, 9.17) is 9.84 Å². The monoisotopic (exact) mass is 393 g/mol. The molecule has 1 aliphatic rings. The van der Waals surface area contributed by atoms with Gasteiger partial charge in [0, 0.05) is 25.6 Å². The fourth-order valence-electron chi connectivity index (χ4n) is 3.45. The van der Waals surface area contributed by atoms with Crippen LogP contribution in [0.2, 0.25) is 0 Å². The van der Waals surface area contributed by atoms with E-state index in [-0.39, 0.29) is 18.5 Å². The standard InChI is InChI=1S/C24H27NO4/c1-3-17-13-19(16-21(15-17)23(27)25(2)10-11-26)14-18-6-8-20(9-7-18)22-5-4-12-29-24(22)28/h5-9,13,15-16,26H,3-4,10-12,14H2,1-2H3. The number of likely N-dealkylation sites (N-methyl/N-ethyl adjacent to an activating group) is 1. The van der Waals surface area contributed by atoms with Crippen LogP contribution in [0.15, 0.2) is 48.5 Å². The van der Waals surface area contributed by atoms with Crippen molar-refractivity contribution in [3.63, 3.8) is 0 Å². The Morgan fingerprint density at radius 1 is 1.10 bits per heavy atom. The lowest BCUT2D eigenvalue weighted by atomic mass is 9.96. The van der Waals surface area contributed by atoms with E-state index in [9.17, 15) is 9.59 Å². The predicted molar refractivity (Wildman–Crippen MR) is 113 cm³/mol. The molecule has 3 rings (SSSR count). The molecular formula is C24H27NO4. The molecule has 0 spiro atoms. The van der Waals surface area contributed by atoms with Crippen LogP contribution in [0.25, 0.3) is 5.57 Å². The van der Waals surface area contributed by atoms with Gasteiger partial charge in [0.25, 0.3) is 5.91 Å². The third-order valence-corrected chi connectivity index (χ3v) is 5.08. The zero-order valence-corrected chi connectivity index (χ0v) is 17.0. The van der Waals surface area contributed by atoms with E-state index in [0.29, 0.717) is 30.7 Å². The summed E-state index contributed by atoms with van der Waals surface area (Å²) < 4.78 is 5.11. The molecule has 0 fully saturated rings. The predicted octanol–water partition coefficient (Wildman–Crippen LogP) is 3.23. The topological polar surface area (TPSA) is 66.8 Å². The Morgan fingerprint density at radius 3 is 2.48 bits per heavy atom. The van der Waals surface area contributed by atoms with Gasteiger partial charge in [0.15, 0.2) is 0 Å². The Morgan fingerprint density at radius 2 is 1.83 bits per heavy atom. The van der Waals surface area contributed by atoms with Gasteiger partial charge < -0.3 is 14.7 Å². The molecule has 1 amide bonds. The van der Waals surface area contributed by atoms with Crippen molar-refractivity contribution in [3.8, 4) is 0 Å². The first-order chi connectivity index (χ1) is 14.0. The molecular weight excluding hydrogens is 366 g/mol. The lowest BCUT2D eigenvalue weighted by molar-refractivity contribution is -0.137. The fourth-order valence-corrected chi connectivity index (χ4v) is 3.45. The lowest BCUT2D eigenvalue weighted by Crippen LogP contribution is -2.29. The van der Waals surface area contributed by atoms with E-state index >= 15 is 0 Å². The summed E-state index contributed by atoms with van der Waals surface area (Å²) in [6.45, 7) is 2.77. The summed E-state index contributed by atoms with van der Waals surface area (Å²) >= 11 is 0. The van der Waals surface area contributed by atoms with E-state index in [1.807, 2.05) is 42.5 Å². The molecule has 2 aromatic rings. The molecule has 5 heteroatoms. The summed E-state index contributed by atoms with van der Waals surface area (Å²) in [7, 11) is 1.69. The van der Waals surface area contributed by atoms with Crippen LogP contribution < -0.4 is 0 Å². The number of ether oxygens (including phenoxy) is 1. The minimum Gasteiger partial charge on any atom is -0.462 e. The molecule has 2 aromatic carbocycles. The number of benzene rings is 2. The first kappa shape index (κ1) is 20.8. The van der Waals surface area contributed by atoms with Gasteiger partial charge >= 0.3 is 5.97 Å². The molecule has 0 aliphatic carbocycles. The van der Waals surface area contributed by atoms with Gasteiger partial charge in [-0.3, -0.25) is 4.79 Å². The molecule has 29 heavy (non-hydrogen) atoms. The Hall–Kier alpha value is -2.92. The maximum Gasteiger partial charge on any atom is 0.338 e. The van der Waals surface area contributed by atoms with E-state index < -0.39 is 0 Å². The van der Waals surface area contributed by atoms with Crippen LogP contribution in [-0.2, 0) is 22.4 Å². The highest BCUT2D eigenvalue weighted by atomic mass is 16.5. The second kappa shape index (κ2) is 9.52. The maximum absolute atomic E-state index is 12.6. The fraction of sp³-hybridized carbons (Fsp3) is 0.333. The largest absolute Gasteiger partial charge is 0.462 e. The average molecular weight is 393 g/mol. The third-order valence-electron chi connectivity index (χ3n) is 5.08. The minimum absolute atomic E-state index is 0.0567. The molecule has 1 aliphatic heterocycles. The molecule has 5 nitrogen and oxygen atoms in total. The van der Waals surface area contributed by atoms with E-state index in [1.54, 1.807) is 7.05 Å². The van der Waals surface area contributed by atoms with Gasteiger partial charge in [-0.05, 0) is 47.2 Å². The summed E-state index contributed by atoms with van der Waals surface area (Å²) in [5, 5.41) is 9.09. The third kappa shape index (κ3) is 5.12. The van der Waals surface area contributed by atoms with Gasteiger partial charge in [0.05, 0.1) is 18.8 Å². The van der Waals surface area contributed by atoms with Crippen molar-refractivity contribution in [1.29, 1.82) is 0 Å². The highest BCUT2D eigenvalue weighted by molar-refractivity contribution is 6.16. The van der Waals surface area contributed by atoms with Gasteiger partial charge in [-0.2, -0.15) is 0 Å². The molecule has 152 valence electrons. The quantitative estimate of drug-likeness (QED) is 0.734. The minimum atomic E-state index is -0.269. The number of esters is 1. The average Bonchev–Trinajstić information content (AvgIpc) is 2.74. The van der Waals surface area contributed by atoms with Crippen molar-refractivity contribution in [2.45, 2.75) is 26.2 Å². The number of amides is 1. The van der Waals surface area contributed by atoms with Gasteiger partial charge in [0.2, 0.25) is 0 Å². The Labute approximate surface area is 171 Å². The number of hydrogen-bond acceptors (Lipinski definition) is 4. The van der Waals surface area contributed by atoms with Crippen LogP contribution in [0, 0.1) is 0 Å². The summed E-state index contributed by atoms with van der Waals surface area (Å²) in [5.41, 5.74) is 5.40. The zero-order chi connectivity index (χ0) is 20.8. The zero-order valence-electron chi connectivity index (χ0n) is 17.0. The van der Waals surface area contributed by atoms with Crippen molar-refractivity contribution < 1.29 is 19.4 Å². The molecule has 1 N–H and O–H groups in total. The lowest BCUT2D eigenvalue weighted by Gasteiger charge is -2.17. The smallest absolute Gasteiger partial charge is 0.338 e. The summed E-state index contributed by atoms with van der Waals surface area (Å²) in [5.74, 6) is -0.358. The highest BCUT2D eigenvalue weighted by Gasteiger charge is 2.17. The van der Waals surface area contributed by atoms with Gasteiger partial charge in [-0.1, -0.05) is 43.3 Å². The van der Waals surface area contributed by atoms with Crippen LogP contribution in [0.1, 0.15) is 46.0 Å². The Bertz CT molecular complexity index is 915. The van der Waals surface area contributed by atoms with E-state index in [1.165, 1.54) is 4.90 Å². The molecule has 1 heterocycles. The molecule has 0 saturated carbocycles. The highest BCUT2D eigenvalue weighted by Crippen LogP contribution is 2.22. The van der Waals surface area contributed by atoms with Crippen molar-refractivity contribution in [2.75, 3.05) is 26.8 Å². The van der Waals surface area contributed by atoms with Crippen molar-refractivity contribution >= 4 is 17.4 Å². The second-order valence-electron chi connectivity index (χ2n) is 7.26. The van der Waals surface area contributed by atoms with Crippen LogP contribution in [0.5, 0.6) is 0 Å². The number of carbonyl (C=O) groups excluding carboxylic acids is 2. The number of aryl methyl sites for hydroxylation is 1. The van der Waals surface area contributed by atoms with Gasteiger partial charge in [0.1, 0.15) is 0 Å². The first-order valence-electron chi connectivity index (χ1n) is 9.97. The van der Waals surface area contributed by atoms with Crippen molar-refractivity contribution in [1.82, 2.24) is 4.90 Å². The SMILES string of the molecule is CCc1cc(Cc2ccc(C3=CCCOC3=O)cc2)cc(C(=O)N(C)CCO)c1. The molecule has 0 aromatic heterocycles. The van der Waals surface area contributed by atoms with Crippen LogP contribution >= 0.6 is 0 Å². The second-order valence-corrected chi connectivity index (χ2v) is 7.26. The molecule has 0 atom stereocenters. The number of hydrogen-bond donors (Lipinski definition) is 1. The summed E-state index contributed by atoms with van der Waals surface area (Å²) in [6.07, 6.45) is 4.20. The van der Waals surface area contributed by atoms with E-state index in [0.717, 1.165) is 35.1 Å². The van der Waals surface area contributed by atoms with Crippen LogP contribution in [0.3, 0.4) is 0 Å². The van der Waals surface area contributed by atoms with Crippen molar-refractivity contribution in [3.05, 3.63) is 76.4 Å². The summed E-state index contributed by atoms with van der Waals surface area (Å²) in [6, 6.07) is 13.9. The van der Waals surface area contributed by atoms with Gasteiger partial charge in [-0.15, -0.1) is 0 Å². The number of aliphatic hydroxyl groups excluding tert-OH is 1. The first-order valence-corrected chi connectivity index (χ1v) is 9.97. The number of cyclic esters (lactones) is 1. The number of carbonyl (C=O) groups is 2. The van der Waals surface area contributed by atoms with Gasteiger partial charge in [-0.25, -0.2) is 4.79 Å². The van der Waals surface area contributed by atoms with Crippen LogP contribution in [-0.4, -0.2) is 48.7 Å². The van der Waals surface area contributed by atoms with E-state index in [2.05, 4.69) is 13.0 Å². The number of rotatable bonds is 7. The molecule has 0 radical (unpaired) electrons. The normalized spacial score (nSPS) is 13.6.